The summed E-state index contributed by atoms with van der Waals surface area (Å²) in [6.07, 6.45) is 15.0. The third-order valence-corrected chi connectivity index (χ3v) is 9.94. The summed E-state index contributed by atoms with van der Waals surface area (Å²) in [6, 6.07) is 8.67. The largest absolute Gasteiger partial charge is 0.365 e. The first-order valence-electron chi connectivity index (χ1n) is 13.3. The fourth-order valence-corrected chi connectivity index (χ4v) is 8.21. The number of nitrogens with zero attached hydrogens (tertiary/aromatic N) is 2. The average Bonchev–Trinajstić information content (AvgIpc) is 3.42. The summed E-state index contributed by atoms with van der Waals surface area (Å²) >= 11 is 1.70. The molecule has 1 amide bonds. The normalized spacial score (nSPS) is 26.1. The van der Waals surface area contributed by atoms with Crippen molar-refractivity contribution in [2.75, 3.05) is 13.1 Å². The van der Waals surface area contributed by atoms with Crippen molar-refractivity contribution in [3.63, 3.8) is 0 Å². The van der Waals surface area contributed by atoms with E-state index in [2.05, 4.69) is 34.2 Å². The Morgan fingerprint density at radius 1 is 0.939 bits per heavy atom. The van der Waals surface area contributed by atoms with Gasteiger partial charge in [0.1, 0.15) is 0 Å². The summed E-state index contributed by atoms with van der Waals surface area (Å²) in [5.74, 6) is 1.26. The number of aliphatic imine (C=N–C) groups is 1. The predicted octanol–water partition coefficient (Wildman–Crippen LogP) is 6.55. The number of likely N-dealkylation sites (tertiary alicyclic amines) is 1. The van der Waals surface area contributed by atoms with Crippen LogP contribution >= 0.6 is 11.8 Å². The first kappa shape index (κ1) is 21.9. The van der Waals surface area contributed by atoms with Crippen LogP contribution in [0, 0.1) is 11.8 Å². The Kier molecular flexibility index (Phi) is 6.12. The van der Waals surface area contributed by atoms with Gasteiger partial charge in [0.15, 0.2) is 5.17 Å². The van der Waals surface area contributed by atoms with E-state index in [1.807, 2.05) is 0 Å². The number of amides is 1. The number of thioether (sulfide) groups is 1. The highest BCUT2D eigenvalue weighted by Gasteiger charge is 2.44. The number of benzene rings is 1. The van der Waals surface area contributed by atoms with E-state index in [-0.39, 0.29) is 11.5 Å². The van der Waals surface area contributed by atoms with Crippen LogP contribution in [0.15, 0.2) is 39.7 Å². The maximum atomic E-state index is 13.2. The molecule has 6 rings (SSSR count). The quantitative estimate of drug-likeness (QED) is 0.465. The predicted molar refractivity (Wildman–Crippen MR) is 134 cm³/mol. The van der Waals surface area contributed by atoms with E-state index >= 15 is 0 Å². The zero-order valence-electron chi connectivity index (χ0n) is 19.7. The minimum atomic E-state index is -0.144. The van der Waals surface area contributed by atoms with Gasteiger partial charge in [-0.1, -0.05) is 62.8 Å². The van der Waals surface area contributed by atoms with Gasteiger partial charge in [-0.15, -0.1) is 0 Å². The van der Waals surface area contributed by atoms with Crippen LogP contribution in [0.3, 0.4) is 0 Å². The van der Waals surface area contributed by atoms with Gasteiger partial charge in [0, 0.05) is 13.1 Å². The molecule has 2 aliphatic carbocycles. The number of rotatable bonds is 2. The Morgan fingerprint density at radius 3 is 2.24 bits per heavy atom. The fraction of sp³-hybridized carbons (Fsp3) is 0.643. The summed E-state index contributed by atoms with van der Waals surface area (Å²) in [6.45, 7) is 2.54. The lowest BCUT2D eigenvalue weighted by Gasteiger charge is -2.39. The van der Waals surface area contributed by atoms with Crippen molar-refractivity contribution in [3.8, 4) is 0 Å². The molecule has 0 aromatic heterocycles. The average molecular weight is 465 g/mol. The number of carbonyl (C=O) groups is 1. The summed E-state index contributed by atoms with van der Waals surface area (Å²) in [7, 11) is 0. The number of allylic oxidation sites excluding steroid dienone is 1. The minimum absolute atomic E-state index is 0.0453. The van der Waals surface area contributed by atoms with Crippen molar-refractivity contribution in [2.24, 2.45) is 16.8 Å². The van der Waals surface area contributed by atoms with Crippen LogP contribution in [0.4, 0.5) is 0 Å². The van der Waals surface area contributed by atoms with Crippen LogP contribution in [-0.4, -0.2) is 29.1 Å². The van der Waals surface area contributed by atoms with Crippen LogP contribution in [-0.2, 0) is 21.7 Å². The second-order valence-corrected chi connectivity index (χ2v) is 11.7. The van der Waals surface area contributed by atoms with Crippen molar-refractivity contribution in [3.05, 3.63) is 45.9 Å². The molecule has 0 unspecified atom stereocenters. The second-order valence-electron chi connectivity index (χ2n) is 10.7. The molecule has 1 saturated heterocycles. The Balaban J connectivity index is 1.20. The van der Waals surface area contributed by atoms with Crippen molar-refractivity contribution in [2.45, 2.75) is 89.3 Å². The molecule has 1 aromatic carbocycles. The van der Waals surface area contributed by atoms with E-state index in [4.69, 9.17) is 4.74 Å². The summed E-state index contributed by atoms with van der Waals surface area (Å²) in [5, 5.41) is 0.945. The molecule has 5 aliphatic rings. The number of fused-ring (bicyclic) bond motifs is 2. The van der Waals surface area contributed by atoms with E-state index in [1.54, 1.807) is 11.8 Å². The van der Waals surface area contributed by atoms with Gasteiger partial charge in [-0.2, -0.15) is 4.99 Å². The maximum Gasteiger partial charge on any atom is 0.286 e. The highest BCUT2D eigenvalue weighted by Crippen LogP contribution is 2.48. The molecule has 4 nitrogen and oxygen atoms in total. The lowest BCUT2D eigenvalue weighted by molar-refractivity contribution is -0.113. The van der Waals surface area contributed by atoms with Crippen LogP contribution in [0.2, 0.25) is 0 Å². The Bertz CT molecular complexity index is 944. The standard InChI is InChI=1S/C28H36N2O2S/c31-26-25(24(20-9-3-1-4-10-20)21-11-5-2-6-12-21)33-27(29-26)30-17-15-28(16-18-30)23-14-8-7-13-22(23)19-32-28/h7-8,13-14,20-21H,1-6,9-12,15-19H2. The zero-order chi connectivity index (χ0) is 22.3. The molecule has 3 fully saturated rings. The van der Waals surface area contributed by atoms with E-state index in [9.17, 15) is 4.79 Å². The van der Waals surface area contributed by atoms with Crippen LogP contribution in [0.1, 0.15) is 88.2 Å². The molecule has 5 heteroatoms. The lowest BCUT2D eigenvalue weighted by Crippen LogP contribution is -2.44. The first-order valence-corrected chi connectivity index (χ1v) is 14.1. The summed E-state index contributed by atoms with van der Waals surface area (Å²) in [4.78, 5) is 21.2. The number of piperidine rings is 1. The number of amidine groups is 1. The Hall–Kier alpha value is -1.59. The monoisotopic (exact) mass is 464 g/mol. The van der Waals surface area contributed by atoms with E-state index < -0.39 is 0 Å². The number of carbonyl (C=O) groups excluding carboxylic acids is 1. The summed E-state index contributed by atoms with van der Waals surface area (Å²) < 4.78 is 6.35. The Morgan fingerprint density at radius 2 is 1.58 bits per heavy atom. The highest BCUT2D eigenvalue weighted by molar-refractivity contribution is 8.18. The minimum Gasteiger partial charge on any atom is -0.365 e. The van der Waals surface area contributed by atoms with Crippen molar-refractivity contribution in [1.82, 2.24) is 4.90 Å². The van der Waals surface area contributed by atoms with Crippen LogP contribution in [0.25, 0.3) is 0 Å². The van der Waals surface area contributed by atoms with Gasteiger partial charge in [0.05, 0.1) is 17.1 Å². The summed E-state index contributed by atoms with van der Waals surface area (Å²) in [5.41, 5.74) is 4.07. The smallest absolute Gasteiger partial charge is 0.286 e. The molecular formula is C28H36N2O2S. The molecule has 0 bridgehead atoms. The van der Waals surface area contributed by atoms with E-state index in [0.29, 0.717) is 11.8 Å². The number of hydrogen-bond donors (Lipinski definition) is 0. The lowest BCUT2D eigenvalue weighted by atomic mass is 9.73. The van der Waals surface area contributed by atoms with Crippen molar-refractivity contribution >= 4 is 22.8 Å². The third-order valence-electron chi connectivity index (χ3n) is 8.79. The molecule has 2 saturated carbocycles. The van der Waals surface area contributed by atoms with Crippen LogP contribution in [0.5, 0.6) is 0 Å². The van der Waals surface area contributed by atoms with Gasteiger partial charge in [-0.3, -0.25) is 4.79 Å². The van der Waals surface area contributed by atoms with Crippen LogP contribution < -0.4 is 0 Å². The van der Waals surface area contributed by atoms with Crippen molar-refractivity contribution in [1.29, 1.82) is 0 Å². The molecule has 1 spiro atoms. The van der Waals surface area contributed by atoms with E-state index in [1.165, 1.54) is 80.9 Å². The van der Waals surface area contributed by atoms with E-state index in [0.717, 1.165) is 42.6 Å². The number of ether oxygens (including phenoxy) is 1. The van der Waals surface area contributed by atoms with Gasteiger partial charge in [-0.25, -0.2) is 0 Å². The van der Waals surface area contributed by atoms with Gasteiger partial charge in [0.25, 0.3) is 5.91 Å². The SMILES string of the molecule is O=C1N=C(N2CCC3(CC2)OCc2ccccc23)SC1=C(C1CCCCC1)C1CCCCC1. The van der Waals surface area contributed by atoms with Crippen molar-refractivity contribution < 1.29 is 9.53 Å². The van der Waals surface area contributed by atoms with Gasteiger partial charge >= 0.3 is 0 Å². The Labute approximate surface area is 202 Å². The molecular weight excluding hydrogens is 428 g/mol. The molecule has 0 N–H and O–H groups in total. The first-order chi connectivity index (χ1) is 16.2. The topological polar surface area (TPSA) is 41.9 Å². The molecule has 0 radical (unpaired) electrons. The molecule has 1 aromatic rings. The second kappa shape index (κ2) is 9.22. The molecule has 176 valence electrons. The number of hydrogen-bond acceptors (Lipinski definition) is 4. The molecule has 3 heterocycles. The third kappa shape index (κ3) is 4.10. The maximum absolute atomic E-state index is 13.2. The highest BCUT2D eigenvalue weighted by atomic mass is 32.2. The van der Waals surface area contributed by atoms with Gasteiger partial charge in [-0.05, 0) is 78.8 Å². The molecule has 33 heavy (non-hydrogen) atoms. The van der Waals surface area contributed by atoms with Gasteiger partial charge in [0.2, 0.25) is 0 Å². The fourth-order valence-electron chi connectivity index (χ4n) is 7.00. The zero-order valence-corrected chi connectivity index (χ0v) is 20.5. The molecule has 3 aliphatic heterocycles. The van der Waals surface area contributed by atoms with Gasteiger partial charge < -0.3 is 9.64 Å². The molecule has 0 atom stereocenters.